The number of nitrogens with one attached hydrogen (secondary N) is 1. The molecule has 1 N–H and O–H groups in total. The van der Waals surface area contributed by atoms with Gasteiger partial charge in [-0.1, -0.05) is 44.1 Å². The molecule has 0 bridgehead atoms. The molecule has 0 aliphatic rings. The number of aromatic nitrogens is 3. The van der Waals surface area contributed by atoms with Gasteiger partial charge < -0.3 is 13.8 Å². The number of fused-ring (bicyclic) bond motifs is 1. The largest absolute Gasteiger partial charge is 0.383 e. The van der Waals surface area contributed by atoms with Gasteiger partial charge in [0, 0.05) is 41.4 Å². The molecule has 156 valence electrons. The molecular formula is C22H24N4O3S. The summed E-state index contributed by atoms with van der Waals surface area (Å²) in [5, 5.41) is 10.4. The molecule has 30 heavy (non-hydrogen) atoms. The Bertz CT molecular complexity index is 1180. The first-order chi connectivity index (χ1) is 14.4. The SMILES string of the molecule is COCCn1c(-c2nc(C(=O)Nc3cc(C(C)(C)C)no3)cs2)cc2ccccc21. The Hall–Kier alpha value is -2.97. The number of ether oxygens (including phenoxy) is 1. The number of benzene rings is 1. The van der Waals surface area contributed by atoms with E-state index in [0.717, 1.165) is 27.3 Å². The van der Waals surface area contributed by atoms with Crippen molar-refractivity contribution in [3.05, 3.63) is 53.2 Å². The zero-order valence-electron chi connectivity index (χ0n) is 17.4. The Morgan fingerprint density at radius 2 is 2.07 bits per heavy atom. The Kier molecular flexibility index (Phi) is 5.44. The molecule has 0 atom stereocenters. The van der Waals surface area contributed by atoms with Gasteiger partial charge in [0.25, 0.3) is 5.91 Å². The Morgan fingerprint density at radius 3 is 2.80 bits per heavy atom. The van der Waals surface area contributed by atoms with Gasteiger partial charge in [-0.2, -0.15) is 0 Å². The predicted octanol–water partition coefficient (Wildman–Crippen LogP) is 4.95. The molecular weight excluding hydrogens is 400 g/mol. The van der Waals surface area contributed by atoms with E-state index in [2.05, 4.69) is 38.2 Å². The van der Waals surface area contributed by atoms with Crippen molar-refractivity contribution in [2.24, 2.45) is 0 Å². The first-order valence-electron chi connectivity index (χ1n) is 9.68. The van der Waals surface area contributed by atoms with Crippen molar-refractivity contribution < 1.29 is 14.1 Å². The molecule has 0 unspecified atom stereocenters. The lowest BCUT2D eigenvalue weighted by Gasteiger charge is -2.12. The molecule has 0 saturated heterocycles. The standard InChI is InChI=1S/C22H24N4O3S/c1-22(2,3)18-12-19(29-25-18)24-20(27)15-13-30-21(23-15)17-11-14-7-5-6-8-16(14)26(17)9-10-28-4/h5-8,11-13H,9-10H2,1-4H3,(H,24,27). The lowest BCUT2D eigenvalue weighted by Crippen LogP contribution is -2.13. The minimum Gasteiger partial charge on any atom is -0.383 e. The number of rotatable bonds is 6. The Labute approximate surface area is 178 Å². The highest BCUT2D eigenvalue weighted by atomic mass is 32.1. The van der Waals surface area contributed by atoms with Crippen molar-refractivity contribution in [2.75, 3.05) is 19.0 Å². The summed E-state index contributed by atoms with van der Waals surface area (Å²) in [4.78, 5) is 17.2. The molecule has 7 nitrogen and oxygen atoms in total. The summed E-state index contributed by atoms with van der Waals surface area (Å²) >= 11 is 1.43. The van der Waals surface area contributed by atoms with Crippen LogP contribution in [-0.4, -0.2) is 34.3 Å². The lowest BCUT2D eigenvalue weighted by atomic mass is 9.92. The quantitative estimate of drug-likeness (QED) is 0.474. The average Bonchev–Trinajstić information content (AvgIpc) is 3.43. The highest BCUT2D eigenvalue weighted by molar-refractivity contribution is 7.13. The summed E-state index contributed by atoms with van der Waals surface area (Å²) in [5.41, 5.74) is 3.04. The van der Waals surface area contributed by atoms with Gasteiger partial charge in [-0.25, -0.2) is 4.98 Å². The van der Waals surface area contributed by atoms with Gasteiger partial charge in [0.15, 0.2) is 0 Å². The van der Waals surface area contributed by atoms with Crippen molar-refractivity contribution >= 4 is 34.0 Å². The lowest BCUT2D eigenvalue weighted by molar-refractivity contribution is 0.102. The molecule has 3 aromatic heterocycles. The minimum absolute atomic E-state index is 0.157. The second-order valence-electron chi connectivity index (χ2n) is 8.05. The Balaban J connectivity index is 1.59. The van der Waals surface area contributed by atoms with Crippen LogP contribution in [0.3, 0.4) is 0 Å². The molecule has 0 radical (unpaired) electrons. The molecule has 0 aliphatic heterocycles. The summed E-state index contributed by atoms with van der Waals surface area (Å²) in [6.45, 7) is 7.39. The highest BCUT2D eigenvalue weighted by Gasteiger charge is 2.21. The second kappa shape index (κ2) is 8.04. The van der Waals surface area contributed by atoms with Crippen LogP contribution in [0.4, 0.5) is 5.88 Å². The van der Waals surface area contributed by atoms with Crippen LogP contribution < -0.4 is 5.32 Å². The van der Waals surface area contributed by atoms with Gasteiger partial charge in [0.05, 0.1) is 18.0 Å². The normalized spacial score (nSPS) is 11.9. The van der Waals surface area contributed by atoms with Crippen molar-refractivity contribution in [1.29, 1.82) is 0 Å². The maximum Gasteiger partial charge on any atom is 0.277 e. The van der Waals surface area contributed by atoms with Crippen LogP contribution >= 0.6 is 11.3 Å². The molecule has 0 aliphatic carbocycles. The number of hydrogen-bond donors (Lipinski definition) is 1. The van der Waals surface area contributed by atoms with Crippen LogP contribution in [0, 0.1) is 0 Å². The average molecular weight is 425 g/mol. The van der Waals surface area contributed by atoms with Crippen LogP contribution in [-0.2, 0) is 16.7 Å². The van der Waals surface area contributed by atoms with E-state index in [1.807, 2.05) is 32.9 Å². The number of para-hydroxylation sites is 1. The van der Waals surface area contributed by atoms with Crippen molar-refractivity contribution in [3.63, 3.8) is 0 Å². The molecule has 0 fully saturated rings. The first kappa shape index (κ1) is 20.3. The molecule has 0 spiro atoms. The number of amides is 1. The van der Waals surface area contributed by atoms with Crippen molar-refractivity contribution in [2.45, 2.75) is 32.7 Å². The van der Waals surface area contributed by atoms with E-state index in [0.29, 0.717) is 24.7 Å². The van der Waals surface area contributed by atoms with E-state index in [1.165, 1.54) is 11.3 Å². The van der Waals surface area contributed by atoms with E-state index < -0.39 is 0 Å². The summed E-state index contributed by atoms with van der Waals surface area (Å²) in [5.74, 6) is -0.0117. The van der Waals surface area contributed by atoms with E-state index in [-0.39, 0.29) is 11.3 Å². The number of methoxy groups -OCH3 is 1. The highest BCUT2D eigenvalue weighted by Crippen LogP contribution is 2.31. The molecule has 3 heterocycles. The zero-order valence-corrected chi connectivity index (χ0v) is 18.2. The van der Waals surface area contributed by atoms with Gasteiger partial charge in [0.2, 0.25) is 5.88 Å². The first-order valence-corrected chi connectivity index (χ1v) is 10.6. The van der Waals surface area contributed by atoms with Gasteiger partial charge in [-0.05, 0) is 12.1 Å². The summed E-state index contributed by atoms with van der Waals surface area (Å²) in [7, 11) is 1.69. The monoisotopic (exact) mass is 424 g/mol. The number of carbonyl (C=O) groups is 1. The van der Waals surface area contributed by atoms with Gasteiger partial charge in [-0.3, -0.25) is 10.1 Å². The third-order valence-corrected chi connectivity index (χ3v) is 5.67. The van der Waals surface area contributed by atoms with Crippen LogP contribution in [0.5, 0.6) is 0 Å². The summed E-state index contributed by atoms with van der Waals surface area (Å²) < 4.78 is 12.7. The number of nitrogens with zero attached hydrogens (tertiary/aromatic N) is 3. The summed E-state index contributed by atoms with van der Waals surface area (Å²) in [6.07, 6.45) is 0. The van der Waals surface area contributed by atoms with E-state index in [1.54, 1.807) is 18.6 Å². The topological polar surface area (TPSA) is 82.2 Å². The third-order valence-electron chi connectivity index (χ3n) is 4.80. The van der Waals surface area contributed by atoms with E-state index >= 15 is 0 Å². The molecule has 1 aromatic carbocycles. The molecule has 4 aromatic rings. The Morgan fingerprint density at radius 1 is 1.27 bits per heavy atom. The van der Waals surface area contributed by atoms with Crippen LogP contribution in [0.25, 0.3) is 21.6 Å². The van der Waals surface area contributed by atoms with Gasteiger partial charge >= 0.3 is 0 Å². The van der Waals surface area contributed by atoms with Crippen molar-refractivity contribution in [3.8, 4) is 10.7 Å². The van der Waals surface area contributed by atoms with Crippen LogP contribution in [0.1, 0.15) is 37.0 Å². The summed E-state index contributed by atoms with van der Waals surface area (Å²) in [6, 6.07) is 12.0. The maximum atomic E-state index is 12.7. The fourth-order valence-corrected chi connectivity index (χ4v) is 3.99. The maximum absolute atomic E-state index is 12.7. The number of thiazole rings is 1. The molecule has 8 heteroatoms. The minimum atomic E-state index is -0.325. The molecule has 4 rings (SSSR count). The van der Waals surface area contributed by atoms with Gasteiger partial charge in [-0.15, -0.1) is 11.3 Å². The van der Waals surface area contributed by atoms with Crippen LogP contribution in [0.2, 0.25) is 0 Å². The van der Waals surface area contributed by atoms with E-state index in [4.69, 9.17) is 9.26 Å². The molecule has 0 saturated carbocycles. The van der Waals surface area contributed by atoms with Crippen LogP contribution in [0.15, 0.2) is 46.3 Å². The number of anilines is 1. The zero-order chi connectivity index (χ0) is 21.3. The predicted molar refractivity (Wildman–Crippen MR) is 118 cm³/mol. The third kappa shape index (κ3) is 4.01. The molecule has 1 amide bonds. The number of carbonyl (C=O) groups excluding carboxylic acids is 1. The number of hydrogen-bond acceptors (Lipinski definition) is 6. The fraction of sp³-hybridized carbons (Fsp3) is 0.318. The second-order valence-corrected chi connectivity index (χ2v) is 8.91. The van der Waals surface area contributed by atoms with Gasteiger partial charge in [0.1, 0.15) is 10.7 Å². The fourth-order valence-electron chi connectivity index (χ4n) is 3.17. The van der Waals surface area contributed by atoms with Crippen molar-refractivity contribution in [1.82, 2.24) is 14.7 Å². The smallest absolute Gasteiger partial charge is 0.277 e. The van der Waals surface area contributed by atoms with E-state index in [9.17, 15) is 4.79 Å².